The molecule has 14 heavy (non-hydrogen) atoms. The van der Waals surface area contributed by atoms with E-state index in [1.165, 1.54) is 4.90 Å². The summed E-state index contributed by atoms with van der Waals surface area (Å²) in [7, 11) is 3.22. The predicted molar refractivity (Wildman–Crippen MR) is 46.9 cm³/mol. The lowest BCUT2D eigenvalue weighted by atomic mass is 10.3. The van der Waals surface area contributed by atoms with E-state index in [2.05, 4.69) is 5.32 Å². The highest BCUT2D eigenvalue weighted by Gasteiger charge is 2.25. The Labute approximate surface area is 81.3 Å². The van der Waals surface area contributed by atoms with E-state index in [0.29, 0.717) is 0 Å². The van der Waals surface area contributed by atoms with Crippen LogP contribution in [-0.4, -0.2) is 44.2 Å². The highest BCUT2D eigenvalue weighted by atomic mass is 19.4. The Morgan fingerprint density at radius 3 is 2.29 bits per heavy atom. The summed E-state index contributed by atoms with van der Waals surface area (Å²) in [6, 6.07) is 0. The van der Waals surface area contributed by atoms with Gasteiger partial charge in [-0.05, 0) is 0 Å². The molecule has 0 spiro atoms. The van der Waals surface area contributed by atoms with Gasteiger partial charge in [0.05, 0.1) is 6.42 Å². The van der Waals surface area contributed by atoms with Crippen molar-refractivity contribution in [2.45, 2.75) is 19.0 Å². The van der Waals surface area contributed by atoms with Crippen molar-refractivity contribution in [1.82, 2.24) is 10.2 Å². The van der Waals surface area contributed by atoms with Crippen LogP contribution in [0.25, 0.3) is 0 Å². The van der Waals surface area contributed by atoms with E-state index in [0.717, 1.165) is 0 Å². The minimum absolute atomic E-state index is 0.0930. The minimum Gasteiger partial charge on any atom is -0.349 e. The summed E-state index contributed by atoms with van der Waals surface area (Å²) in [6.45, 7) is 0.150. The first-order chi connectivity index (χ1) is 6.33. The van der Waals surface area contributed by atoms with Gasteiger partial charge in [-0.2, -0.15) is 13.2 Å². The molecule has 0 rings (SSSR count). The Balaban J connectivity index is 3.35. The lowest BCUT2D eigenvalue weighted by Crippen LogP contribution is -2.28. The highest BCUT2D eigenvalue weighted by Crippen LogP contribution is 2.17. The van der Waals surface area contributed by atoms with Gasteiger partial charge in [-0.3, -0.25) is 4.79 Å². The summed E-state index contributed by atoms with van der Waals surface area (Å²) >= 11 is 0. The van der Waals surface area contributed by atoms with E-state index in [4.69, 9.17) is 0 Å². The van der Waals surface area contributed by atoms with Gasteiger partial charge >= 0.3 is 6.18 Å². The smallest absolute Gasteiger partial charge is 0.349 e. The fourth-order valence-electron chi connectivity index (χ4n) is 0.774. The number of nitrogens with zero attached hydrogens (tertiary/aromatic N) is 1. The van der Waals surface area contributed by atoms with Gasteiger partial charge in [0.25, 0.3) is 0 Å². The van der Waals surface area contributed by atoms with Crippen LogP contribution in [0.1, 0.15) is 12.8 Å². The lowest BCUT2D eigenvalue weighted by Gasteiger charge is -2.11. The Hall–Kier alpha value is -0.780. The average molecular weight is 212 g/mol. The molecular formula is C8H15F3N2O. The van der Waals surface area contributed by atoms with Crippen LogP contribution < -0.4 is 5.32 Å². The number of carbonyl (C=O) groups is 1. The lowest BCUT2D eigenvalue weighted by molar-refractivity contribution is -0.133. The third-order valence-corrected chi connectivity index (χ3v) is 1.60. The number of rotatable bonds is 5. The number of halogens is 3. The Bertz CT molecular complexity index is 180. The van der Waals surface area contributed by atoms with Crippen LogP contribution in [0.2, 0.25) is 0 Å². The number of hydrogen-bond acceptors (Lipinski definition) is 2. The van der Waals surface area contributed by atoms with Crippen LogP contribution in [0.5, 0.6) is 0 Å². The molecule has 0 atom stereocenters. The van der Waals surface area contributed by atoms with Crippen molar-refractivity contribution < 1.29 is 18.0 Å². The maximum absolute atomic E-state index is 11.7. The second-order valence-corrected chi connectivity index (χ2v) is 3.15. The molecular weight excluding hydrogens is 197 g/mol. The van der Waals surface area contributed by atoms with Gasteiger partial charge in [0.2, 0.25) is 5.91 Å². The molecule has 0 aliphatic heterocycles. The topological polar surface area (TPSA) is 32.3 Å². The molecule has 0 aliphatic carbocycles. The molecule has 3 nitrogen and oxygen atoms in total. The minimum atomic E-state index is -4.13. The van der Waals surface area contributed by atoms with E-state index in [1.54, 1.807) is 14.1 Å². The summed E-state index contributed by atoms with van der Waals surface area (Å²) < 4.78 is 35.0. The van der Waals surface area contributed by atoms with E-state index in [-0.39, 0.29) is 25.4 Å². The molecule has 0 heterocycles. The molecule has 0 aromatic heterocycles. The Morgan fingerprint density at radius 1 is 1.29 bits per heavy atom. The maximum Gasteiger partial charge on any atom is 0.390 e. The van der Waals surface area contributed by atoms with Crippen molar-refractivity contribution >= 4 is 5.91 Å². The van der Waals surface area contributed by atoms with Crippen LogP contribution >= 0.6 is 0 Å². The summed E-state index contributed by atoms with van der Waals surface area (Å²) in [5.74, 6) is -0.0930. The monoisotopic (exact) mass is 212 g/mol. The third-order valence-electron chi connectivity index (χ3n) is 1.60. The number of nitrogens with one attached hydrogen (secondary N) is 1. The first kappa shape index (κ1) is 13.2. The molecule has 0 radical (unpaired) electrons. The van der Waals surface area contributed by atoms with Crippen molar-refractivity contribution in [3.8, 4) is 0 Å². The zero-order valence-electron chi connectivity index (χ0n) is 8.32. The van der Waals surface area contributed by atoms with E-state index >= 15 is 0 Å². The molecule has 6 heteroatoms. The van der Waals surface area contributed by atoms with Crippen molar-refractivity contribution in [3.05, 3.63) is 0 Å². The van der Waals surface area contributed by atoms with Gasteiger partial charge in [0.1, 0.15) is 0 Å². The zero-order valence-corrected chi connectivity index (χ0v) is 8.32. The SMILES string of the molecule is CN(C)C(=O)CCNCCC(F)(F)F. The molecule has 84 valence electrons. The predicted octanol–water partition coefficient (Wildman–Crippen LogP) is 1.01. The normalized spacial score (nSPS) is 11.5. The van der Waals surface area contributed by atoms with Crippen LogP contribution in [0.15, 0.2) is 0 Å². The molecule has 0 bridgehead atoms. The van der Waals surface area contributed by atoms with Crippen LogP contribution in [-0.2, 0) is 4.79 Å². The first-order valence-electron chi connectivity index (χ1n) is 4.30. The summed E-state index contributed by atoms with van der Waals surface area (Å²) in [6.07, 6.45) is -4.76. The third kappa shape index (κ3) is 7.85. The fraction of sp³-hybridized carbons (Fsp3) is 0.875. The van der Waals surface area contributed by atoms with Crippen molar-refractivity contribution in [1.29, 1.82) is 0 Å². The van der Waals surface area contributed by atoms with E-state index in [1.807, 2.05) is 0 Å². The molecule has 0 saturated carbocycles. The Morgan fingerprint density at radius 2 is 1.86 bits per heavy atom. The largest absolute Gasteiger partial charge is 0.390 e. The van der Waals surface area contributed by atoms with Gasteiger partial charge in [0.15, 0.2) is 0 Å². The molecule has 1 N–H and O–H groups in total. The molecule has 0 aliphatic rings. The van der Waals surface area contributed by atoms with Crippen molar-refractivity contribution in [2.24, 2.45) is 0 Å². The maximum atomic E-state index is 11.7. The second-order valence-electron chi connectivity index (χ2n) is 3.15. The number of carbonyl (C=O) groups excluding carboxylic acids is 1. The highest BCUT2D eigenvalue weighted by molar-refractivity contribution is 5.75. The first-order valence-corrected chi connectivity index (χ1v) is 4.30. The van der Waals surface area contributed by atoms with Crippen LogP contribution in [0.4, 0.5) is 13.2 Å². The number of amides is 1. The van der Waals surface area contributed by atoms with Gasteiger partial charge in [-0.15, -0.1) is 0 Å². The molecule has 1 amide bonds. The van der Waals surface area contributed by atoms with Crippen LogP contribution in [0, 0.1) is 0 Å². The van der Waals surface area contributed by atoms with Gasteiger partial charge in [0, 0.05) is 33.6 Å². The molecule has 0 aromatic carbocycles. The molecule has 0 saturated heterocycles. The quantitative estimate of drug-likeness (QED) is 0.690. The second kappa shape index (κ2) is 5.85. The van der Waals surface area contributed by atoms with Crippen LogP contribution in [0.3, 0.4) is 0 Å². The summed E-state index contributed by atoms with van der Waals surface area (Å²) in [4.78, 5) is 12.4. The summed E-state index contributed by atoms with van der Waals surface area (Å²) in [5.41, 5.74) is 0. The van der Waals surface area contributed by atoms with Gasteiger partial charge in [-0.1, -0.05) is 0 Å². The fourth-order valence-corrected chi connectivity index (χ4v) is 0.774. The molecule has 0 fully saturated rings. The average Bonchev–Trinajstić information content (AvgIpc) is 2.01. The van der Waals surface area contributed by atoms with Gasteiger partial charge in [-0.25, -0.2) is 0 Å². The molecule has 0 aromatic rings. The van der Waals surface area contributed by atoms with Crippen molar-refractivity contribution in [3.63, 3.8) is 0 Å². The van der Waals surface area contributed by atoms with Crippen molar-refractivity contribution in [2.75, 3.05) is 27.2 Å². The standard InChI is InChI=1S/C8H15F3N2O/c1-13(2)7(14)3-5-12-6-4-8(9,10)11/h12H,3-6H2,1-2H3. The van der Waals surface area contributed by atoms with E-state index in [9.17, 15) is 18.0 Å². The zero-order chi connectivity index (χ0) is 11.2. The number of hydrogen-bond donors (Lipinski definition) is 1. The Kier molecular flexibility index (Phi) is 5.52. The van der Waals surface area contributed by atoms with E-state index < -0.39 is 12.6 Å². The summed E-state index contributed by atoms with van der Waals surface area (Å²) in [5, 5.41) is 2.56. The van der Waals surface area contributed by atoms with Gasteiger partial charge < -0.3 is 10.2 Å². The molecule has 0 unspecified atom stereocenters. The number of alkyl halides is 3.